The fourth-order valence-electron chi connectivity index (χ4n) is 3.79. The van der Waals surface area contributed by atoms with E-state index in [4.69, 9.17) is 4.74 Å². The molecule has 1 heterocycles. The van der Waals surface area contributed by atoms with Crippen LogP contribution in [0.2, 0.25) is 0 Å². The van der Waals surface area contributed by atoms with E-state index in [9.17, 15) is 13.2 Å². The number of carbonyl (C=O) groups excluding carboxylic acids is 1. The van der Waals surface area contributed by atoms with Crippen LogP contribution < -0.4 is 10.1 Å². The highest BCUT2D eigenvalue weighted by atomic mass is 32.2. The molecule has 3 aromatic rings. The summed E-state index contributed by atoms with van der Waals surface area (Å²) < 4.78 is 33.3. The van der Waals surface area contributed by atoms with Crippen molar-refractivity contribution in [1.82, 2.24) is 9.62 Å². The van der Waals surface area contributed by atoms with Gasteiger partial charge in [-0.1, -0.05) is 54.6 Å². The molecule has 1 atom stereocenters. The van der Waals surface area contributed by atoms with Crippen molar-refractivity contribution in [3.63, 3.8) is 0 Å². The second-order valence-corrected chi connectivity index (χ2v) is 9.31. The van der Waals surface area contributed by atoms with E-state index in [2.05, 4.69) is 5.32 Å². The van der Waals surface area contributed by atoms with E-state index in [1.54, 1.807) is 37.4 Å². The molecule has 6 nitrogen and oxygen atoms in total. The molecule has 160 valence electrons. The Hall–Kier alpha value is -3.16. The highest BCUT2D eigenvalue weighted by molar-refractivity contribution is 7.89. The highest BCUT2D eigenvalue weighted by Gasteiger charge is 2.39. The Labute approximate surface area is 182 Å². The molecule has 0 aromatic heterocycles. The van der Waals surface area contributed by atoms with Gasteiger partial charge < -0.3 is 10.1 Å². The van der Waals surface area contributed by atoms with Crippen LogP contribution in [-0.4, -0.2) is 31.8 Å². The fraction of sp³-hybridized carbons (Fsp3) is 0.208. The number of nitrogens with one attached hydrogen (secondary N) is 1. The first kappa shape index (κ1) is 21.1. The third-order valence-corrected chi connectivity index (χ3v) is 7.33. The van der Waals surface area contributed by atoms with Gasteiger partial charge in [-0.3, -0.25) is 4.79 Å². The fourth-order valence-corrected chi connectivity index (χ4v) is 5.38. The lowest BCUT2D eigenvalue weighted by Gasteiger charge is -2.35. The zero-order valence-electron chi connectivity index (χ0n) is 17.2. The van der Waals surface area contributed by atoms with E-state index < -0.39 is 16.1 Å². The number of nitrogens with zero attached hydrogens (tertiary/aromatic N) is 1. The summed E-state index contributed by atoms with van der Waals surface area (Å²) in [5.74, 6) is 0.378. The minimum absolute atomic E-state index is 0.157. The number of hydrogen-bond donors (Lipinski definition) is 1. The Morgan fingerprint density at radius 1 is 1.00 bits per heavy atom. The molecule has 1 aliphatic heterocycles. The lowest BCUT2D eigenvalue weighted by molar-refractivity contribution is -0.125. The quantitative estimate of drug-likeness (QED) is 0.644. The molecule has 0 spiro atoms. The molecule has 0 fully saturated rings. The van der Waals surface area contributed by atoms with Gasteiger partial charge in [0.25, 0.3) is 0 Å². The maximum Gasteiger partial charge on any atom is 0.244 e. The third-order valence-electron chi connectivity index (χ3n) is 5.46. The van der Waals surface area contributed by atoms with Crippen LogP contribution in [-0.2, 0) is 34.3 Å². The standard InChI is InChI=1S/C24H24N2O4S/c1-30-21-11-7-8-18(14-21)16-25-24(27)23-15-19-9-5-6-10-20(19)17-26(23)31(28,29)22-12-3-2-4-13-22/h2-14,23H,15-17H2,1H3,(H,25,27)/t23-/m0/s1. The summed E-state index contributed by atoms with van der Waals surface area (Å²) in [4.78, 5) is 13.4. The number of ether oxygens (including phenoxy) is 1. The van der Waals surface area contributed by atoms with E-state index in [0.29, 0.717) is 12.2 Å². The lowest BCUT2D eigenvalue weighted by Crippen LogP contribution is -2.52. The molecule has 31 heavy (non-hydrogen) atoms. The number of sulfonamides is 1. The van der Waals surface area contributed by atoms with Crippen LogP contribution >= 0.6 is 0 Å². The first-order chi connectivity index (χ1) is 15.0. The van der Waals surface area contributed by atoms with Crippen molar-refractivity contribution in [1.29, 1.82) is 0 Å². The molecule has 0 radical (unpaired) electrons. The first-order valence-corrected chi connectivity index (χ1v) is 11.5. The molecular formula is C24H24N2O4S. The number of methoxy groups -OCH3 is 1. The van der Waals surface area contributed by atoms with Gasteiger partial charge in [0.1, 0.15) is 11.8 Å². The van der Waals surface area contributed by atoms with Crippen LogP contribution in [0.5, 0.6) is 5.75 Å². The minimum atomic E-state index is -3.84. The summed E-state index contributed by atoms with van der Waals surface area (Å²) in [5, 5.41) is 2.90. The van der Waals surface area contributed by atoms with Crippen molar-refractivity contribution in [2.24, 2.45) is 0 Å². The molecule has 1 aliphatic rings. The van der Waals surface area contributed by atoms with Crippen molar-refractivity contribution < 1.29 is 17.9 Å². The molecule has 0 unspecified atom stereocenters. The summed E-state index contributed by atoms with van der Waals surface area (Å²) in [7, 11) is -2.25. The number of hydrogen-bond acceptors (Lipinski definition) is 4. The van der Waals surface area contributed by atoms with Crippen LogP contribution in [0.15, 0.2) is 83.8 Å². The van der Waals surface area contributed by atoms with Gasteiger partial charge in [-0.05, 0) is 47.4 Å². The van der Waals surface area contributed by atoms with Gasteiger partial charge in [0.2, 0.25) is 15.9 Å². The number of benzene rings is 3. The van der Waals surface area contributed by atoms with Gasteiger partial charge >= 0.3 is 0 Å². The maximum atomic E-state index is 13.4. The summed E-state index contributed by atoms with van der Waals surface area (Å²) >= 11 is 0. The molecule has 4 rings (SSSR count). The summed E-state index contributed by atoms with van der Waals surface area (Å²) in [6, 6.07) is 22.5. The first-order valence-electron chi connectivity index (χ1n) is 10.0. The monoisotopic (exact) mass is 436 g/mol. The summed E-state index contributed by atoms with van der Waals surface area (Å²) in [6.07, 6.45) is 0.326. The predicted molar refractivity (Wildman–Crippen MR) is 118 cm³/mol. The van der Waals surface area contributed by atoms with Gasteiger partial charge in [0.15, 0.2) is 0 Å². The van der Waals surface area contributed by atoms with Crippen molar-refractivity contribution in [3.8, 4) is 5.75 Å². The molecule has 1 N–H and O–H groups in total. The SMILES string of the molecule is COc1cccc(CNC(=O)[C@@H]2Cc3ccccc3CN2S(=O)(=O)c2ccccc2)c1. The molecular weight excluding hydrogens is 412 g/mol. The van der Waals surface area contributed by atoms with Gasteiger partial charge in [-0.2, -0.15) is 4.31 Å². The van der Waals surface area contributed by atoms with Crippen molar-refractivity contribution >= 4 is 15.9 Å². The molecule has 0 aliphatic carbocycles. The van der Waals surface area contributed by atoms with Crippen LogP contribution in [0.3, 0.4) is 0 Å². The number of carbonyl (C=O) groups is 1. The Kier molecular flexibility index (Phi) is 6.06. The normalized spacial score (nSPS) is 16.4. The number of rotatable bonds is 6. The zero-order chi connectivity index (χ0) is 21.8. The third kappa shape index (κ3) is 4.47. The second-order valence-electron chi connectivity index (χ2n) is 7.42. The molecule has 7 heteroatoms. The minimum Gasteiger partial charge on any atom is -0.497 e. The summed E-state index contributed by atoms with van der Waals surface area (Å²) in [5.41, 5.74) is 2.78. The van der Waals surface area contributed by atoms with E-state index in [0.717, 1.165) is 16.7 Å². The lowest BCUT2D eigenvalue weighted by atomic mass is 9.95. The van der Waals surface area contributed by atoms with Crippen LogP contribution in [0.4, 0.5) is 0 Å². The molecule has 3 aromatic carbocycles. The van der Waals surface area contributed by atoms with Crippen molar-refractivity contribution in [2.75, 3.05) is 7.11 Å². The van der Waals surface area contributed by atoms with E-state index >= 15 is 0 Å². The largest absolute Gasteiger partial charge is 0.497 e. The maximum absolute atomic E-state index is 13.4. The van der Waals surface area contributed by atoms with Gasteiger partial charge in [-0.15, -0.1) is 0 Å². The smallest absolute Gasteiger partial charge is 0.244 e. The number of amides is 1. The molecule has 0 saturated heterocycles. The highest BCUT2D eigenvalue weighted by Crippen LogP contribution is 2.29. The zero-order valence-corrected chi connectivity index (χ0v) is 18.0. The topological polar surface area (TPSA) is 75.7 Å². The Morgan fingerprint density at radius 3 is 2.45 bits per heavy atom. The second kappa shape index (κ2) is 8.91. The summed E-state index contributed by atoms with van der Waals surface area (Å²) in [6.45, 7) is 0.443. The van der Waals surface area contributed by atoms with E-state index in [-0.39, 0.29) is 23.9 Å². The predicted octanol–water partition coefficient (Wildman–Crippen LogP) is 3.13. The van der Waals surface area contributed by atoms with E-state index in [1.807, 2.05) is 48.5 Å². The van der Waals surface area contributed by atoms with Crippen molar-refractivity contribution in [2.45, 2.75) is 30.4 Å². The average molecular weight is 437 g/mol. The molecule has 0 saturated carbocycles. The van der Waals surface area contributed by atoms with Gasteiger partial charge in [-0.25, -0.2) is 8.42 Å². The number of fused-ring (bicyclic) bond motifs is 1. The van der Waals surface area contributed by atoms with Crippen molar-refractivity contribution in [3.05, 3.63) is 95.6 Å². The molecule has 0 bridgehead atoms. The average Bonchev–Trinajstić information content (AvgIpc) is 2.82. The Bertz CT molecular complexity index is 1180. The van der Waals surface area contributed by atoms with Crippen LogP contribution in [0.25, 0.3) is 0 Å². The molecule has 1 amide bonds. The van der Waals surface area contributed by atoms with Crippen LogP contribution in [0.1, 0.15) is 16.7 Å². The van der Waals surface area contributed by atoms with Crippen LogP contribution in [0, 0.1) is 0 Å². The van der Waals surface area contributed by atoms with Gasteiger partial charge in [0.05, 0.1) is 12.0 Å². The van der Waals surface area contributed by atoms with Gasteiger partial charge in [0, 0.05) is 13.1 Å². The van der Waals surface area contributed by atoms with E-state index in [1.165, 1.54) is 4.31 Å². The Balaban J connectivity index is 1.61. The Morgan fingerprint density at radius 2 is 1.71 bits per heavy atom.